The number of rotatable bonds is 2. The number of nitrogens with zero attached hydrogens (tertiary/aromatic N) is 1. The van der Waals surface area contributed by atoms with Crippen molar-refractivity contribution in [3.8, 4) is 17.2 Å². The molecule has 0 N–H and O–H groups in total. The molecule has 0 aliphatic heterocycles. The van der Waals surface area contributed by atoms with Crippen LogP contribution in [0, 0.1) is 18.3 Å². The molecule has 6 heteroatoms. The van der Waals surface area contributed by atoms with Crippen LogP contribution in [0.2, 0.25) is 4.34 Å². The fraction of sp³-hybridized carbons (Fsp3) is 0.154. The van der Waals surface area contributed by atoms with Crippen LogP contribution in [-0.4, -0.2) is 14.7 Å². The van der Waals surface area contributed by atoms with E-state index in [1.165, 1.54) is 0 Å². The molecular weight excluding hydrogens is 302 g/mol. The molecule has 2 rings (SSSR count). The molecule has 1 aromatic heterocycles. The number of hydrogen-bond acceptors (Lipinski definition) is 4. The van der Waals surface area contributed by atoms with Gasteiger partial charge in [-0.15, -0.1) is 11.3 Å². The minimum atomic E-state index is -3.45. The third-order valence-corrected chi connectivity index (χ3v) is 5.85. The lowest BCUT2D eigenvalue weighted by Crippen LogP contribution is -1.96. The number of halogens is 1. The minimum absolute atomic E-state index is 0.0237. The van der Waals surface area contributed by atoms with E-state index in [1.54, 1.807) is 0 Å². The lowest BCUT2D eigenvalue weighted by Gasteiger charge is -2.01. The van der Waals surface area contributed by atoms with Crippen molar-refractivity contribution in [2.24, 2.45) is 0 Å². The van der Waals surface area contributed by atoms with Crippen molar-refractivity contribution in [3.05, 3.63) is 39.7 Å². The number of aryl methyl sites for hydroxylation is 1. The molecule has 3 nitrogen and oxygen atoms in total. The summed E-state index contributed by atoms with van der Waals surface area (Å²) in [6.07, 6.45) is 1.08. The Morgan fingerprint density at radius 3 is 2.32 bits per heavy atom. The maximum Gasteiger partial charge on any atom is 0.186 e. The van der Waals surface area contributed by atoms with Crippen LogP contribution >= 0.6 is 22.9 Å². The van der Waals surface area contributed by atoms with Gasteiger partial charge in [0.05, 0.1) is 5.56 Å². The van der Waals surface area contributed by atoms with E-state index in [9.17, 15) is 13.7 Å². The highest BCUT2D eigenvalue weighted by molar-refractivity contribution is 7.92. The Bertz CT molecular complexity index is 768. The Hall–Kier alpha value is -1.35. The first-order chi connectivity index (χ1) is 8.84. The number of benzene rings is 1. The first kappa shape index (κ1) is 14.1. The van der Waals surface area contributed by atoms with Gasteiger partial charge >= 0.3 is 0 Å². The normalized spacial score (nSPS) is 11.3. The number of thiophene rings is 1. The summed E-state index contributed by atoms with van der Waals surface area (Å²) in [6, 6.07) is 9.40. The van der Waals surface area contributed by atoms with Gasteiger partial charge in [-0.2, -0.15) is 5.26 Å². The topological polar surface area (TPSA) is 57.9 Å². The van der Waals surface area contributed by atoms with Crippen LogP contribution in [0.4, 0.5) is 0 Å². The third-order valence-electron chi connectivity index (χ3n) is 2.62. The van der Waals surface area contributed by atoms with Gasteiger partial charge in [0.1, 0.15) is 14.6 Å². The van der Waals surface area contributed by atoms with Crippen LogP contribution < -0.4 is 0 Å². The number of sulfone groups is 1. The van der Waals surface area contributed by atoms with E-state index in [0.717, 1.165) is 28.7 Å². The molecule has 0 aliphatic carbocycles. The van der Waals surface area contributed by atoms with E-state index in [4.69, 9.17) is 11.6 Å². The average Bonchev–Trinajstić information content (AvgIpc) is 2.67. The van der Waals surface area contributed by atoms with E-state index in [2.05, 4.69) is 0 Å². The third kappa shape index (κ3) is 2.66. The molecule has 1 heterocycles. The van der Waals surface area contributed by atoms with E-state index < -0.39 is 9.84 Å². The van der Waals surface area contributed by atoms with Crippen molar-refractivity contribution in [3.63, 3.8) is 0 Å². The summed E-state index contributed by atoms with van der Waals surface area (Å²) >= 11 is 7.04. The fourth-order valence-electron chi connectivity index (χ4n) is 1.72. The zero-order chi connectivity index (χ0) is 14.2. The van der Waals surface area contributed by atoms with Gasteiger partial charge < -0.3 is 0 Å². The highest BCUT2D eigenvalue weighted by atomic mass is 35.5. The van der Waals surface area contributed by atoms with Gasteiger partial charge in [-0.3, -0.25) is 0 Å². The summed E-state index contributed by atoms with van der Waals surface area (Å²) < 4.78 is 23.7. The van der Waals surface area contributed by atoms with Crippen molar-refractivity contribution in [2.75, 3.05) is 6.26 Å². The Balaban J connectivity index is 2.75. The summed E-state index contributed by atoms with van der Waals surface area (Å²) in [7, 11) is -3.45. The smallest absolute Gasteiger partial charge is 0.186 e. The molecule has 1 aromatic carbocycles. The monoisotopic (exact) mass is 311 g/mol. The van der Waals surface area contributed by atoms with Crippen molar-refractivity contribution in [2.45, 2.75) is 11.1 Å². The van der Waals surface area contributed by atoms with Crippen LogP contribution in [0.1, 0.15) is 11.1 Å². The average molecular weight is 312 g/mol. The van der Waals surface area contributed by atoms with E-state index in [1.807, 2.05) is 37.3 Å². The summed E-state index contributed by atoms with van der Waals surface area (Å²) in [4.78, 5) is 0. The quantitative estimate of drug-likeness (QED) is 0.850. The van der Waals surface area contributed by atoms with Gasteiger partial charge in [0.15, 0.2) is 9.84 Å². The molecule has 0 fully saturated rings. The van der Waals surface area contributed by atoms with Crippen LogP contribution in [0.15, 0.2) is 28.5 Å². The van der Waals surface area contributed by atoms with Gasteiger partial charge in [0.25, 0.3) is 0 Å². The van der Waals surface area contributed by atoms with Gasteiger partial charge in [0, 0.05) is 11.8 Å². The summed E-state index contributed by atoms with van der Waals surface area (Å²) in [5, 5.41) is 9.23. The molecule has 0 bridgehead atoms. The molecule has 0 amide bonds. The van der Waals surface area contributed by atoms with E-state index in [-0.39, 0.29) is 9.77 Å². The lowest BCUT2D eigenvalue weighted by molar-refractivity contribution is 0.603. The second-order valence-electron chi connectivity index (χ2n) is 4.16. The Morgan fingerprint density at radius 1 is 1.26 bits per heavy atom. The number of nitriles is 1. The Labute approximate surface area is 121 Å². The van der Waals surface area contributed by atoms with Crippen LogP contribution in [-0.2, 0) is 9.84 Å². The fourth-order valence-corrected chi connectivity index (χ4v) is 4.41. The molecule has 0 saturated heterocycles. The largest absolute Gasteiger partial charge is 0.223 e. The van der Waals surface area contributed by atoms with Crippen molar-refractivity contribution in [1.82, 2.24) is 0 Å². The predicted molar refractivity (Wildman–Crippen MR) is 77.3 cm³/mol. The van der Waals surface area contributed by atoms with Crippen LogP contribution in [0.3, 0.4) is 0 Å². The first-order valence-corrected chi connectivity index (χ1v) is 8.42. The molecule has 19 heavy (non-hydrogen) atoms. The van der Waals surface area contributed by atoms with Crippen molar-refractivity contribution >= 4 is 32.8 Å². The van der Waals surface area contributed by atoms with Gasteiger partial charge in [-0.25, -0.2) is 8.42 Å². The van der Waals surface area contributed by atoms with Crippen molar-refractivity contribution < 1.29 is 8.42 Å². The van der Waals surface area contributed by atoms with Crippen LogP contribution in [0.5, 0.6) is 0 Å². The lowest BCUT2D eigenvalue weighted by atomic mass is 10.0. The minimum Gasteiger partial charge on any atom is -0.223 e. The maximum atomic E-state index is 11.7. The maximum absolute atomic E-state index is 11.7. The Morgan fingerprint density at radius 2 is 1.84 bits per heavy atom. The SMILES string of the molecule is Cc1ccc(-c2c(Cl)sc(S(C)(=O)=O)c2C#N)cc1. The standard InChI is InChI=1S/C13H10ClNO2S2/c1-8-3-5-9(6-4-8)11-10(7-15)13(18-12(11)14)19(2,16)17/h3-6H,1-2H3. The molecule has 0 saturated carbocycles. The number of hydrogen-bond donors (Lipinski definition) is 0. The molecule has 0 unspecified atom stereocenters. The molecule has 0 spiro atoms. The predicted octanol–water partition coefficient (Wildman–Crippen LogP) is 3.65. The van der Waals surface area contributed by atoms with Gasteiger partial charge in [-0.05, 0) is 12.5 Å². The summed E-state index contributed by atoms with van der Waals surface area (Å²) in [6.45, 7) is 1.95. The molecule has 2 aromatic rings. The van der Waals surface area contributed by atoms with Crippen molar-refractivity contribution in [1.29, 1.82) is 5.26 Å². The Kier molecular flexibility index (Phi) is 3.68. The van der Waals surface area contributed by atoms with Gasteiger partial charge in [-0.1, -0.05) is 41.4 Å². The zero-order valence-corrected chi connectivity index (χ0v) is 12.7. The second kappa shape index (κ2) is 4.97. The van der Waals surface area contributed by atoms with Gasteiger partial charge in [0.2, 0.25) is 0 Å². The van der Waals surface area contributed by atoms with Crippen LogP contribution in [0.25, 0.3) is 11.1 Å². The molecule has 0 aliphatic rings. The summed E-state index contributed by atoms with van der Waals surface area (Å²) in [5.41, 5.74) is 2.45. The molecular formula is C13H10ClNO2S2. The van der Waals surface area contributed by atoms with E-state index >= 15 is 0 Å². The zero-order valence-electron chi connectivity index (χ0n) is 10.3. The summed E-state index contributed by atoms with van der Waals surface area (Å²) in [5.74, 6) is 0. The molecule has 0 radical (unpaired) electrons. The second-order valence-corrected chi connectivity index (χ2v) is 8.00. The molecule has 0 atom stereocenters. The molecule has 98 valence electrons. The highest BCUT2D eigenvalue weighted by Gasteiger charge is 2.24. The highest BCUT2D eigenvalue weighted by Crippen LogP contribution is 2.42. The first-order valence-electron chi connectivity index (χ1n) is 5.34. The van der Waals surface area contributed by atoms with E-state index in [0.29, 0.717) is 9.90 Å².